The highest BCUT2D eigenvalue weighted by Gasteiger charge is 2.42. The largest absolute Gasteiger partial charge is 0.416 e. The third-order valence-corrected chi connectivity index (χ3v) is 12.9. The van der Waals surface area contributed by atoms with Crippen molar-refractivity contribution in [2.75, 3.05) is 0 Å². The first-order valence-corrected chi connectivity index (χ1v) is 13.8. The Morgan fingerprint density at radius 2 is 1.56 bits per heavy atom. The van der Waals surface area contributed by atoms with Gasteiger partial charge in [0.2, 0.25) is 0 Å². The van der Waals surface area contributed by atoms with Crippen molar-refractivity contribution in [3.05, 3.63) is 65.0 Å². The molecule has 184 valence electrons. The Balaban J connectivity index is 2.62. The molecular formula is C27H35F3N2OSi. The van der Waals surface area contributed by atoms with Crippen molar-refractivity contribution in [2.24, 2.45) is 0 Å². The number of nitrogens with zero attached hydrogens (tertiary/aromatic N) is 1. The van der Waals surface area contributed by atoms with E-state index in [2.05, 4.69) is 63.3 Å². The summed E-state index contributed by atoms with van der Waals surface area (Å²) in [5.41, 5.74) is 3.65. The average molecular weight is 489 g/mol. The zero-order valence-electron chi connectivity index (χ0n) is 21.3. The molecule has 1 amide bonds. The molecule has 7 heteroatoms. The standard InChI is InChI=1S/C27H35F3N2OSi/c1-18(2)34(19(3)4,20(5)6)16-14-21-12-13-22(27(28,29)30)17-23(21)25(33)32-26(7,8)24-11-9-10-15-31-24/h9-13,15,17-20H,1-8H3,(H,32,33). The van der Waals surface area contributed by atoms with E-state index in [-0.39, 0.29) is 5.56 Å². The number of alkyl halides is 3. The molecule has 1 heterocycles. The van der Waals surface area contributed by atoms with Gasteiger partial charge in [-0.1, -0.05) is 53.5 Å². The van der Waals surface area contributed by atoms with Crippen LogP contribution < -0.4 is 5.32 Å². The normalized spacial score (nSPS) is 12.6. The van der Waals surface area contributed by atoms with Gasteiger partial charge in [0.15, 0.2) is 0 Å². The van der Waals surface area contributed by atoms with Gasteiger partial charge in [-0.25, -0.2) is 0 Å². The Labute approximate surface area is 202 Å². The Bertz CT molecular complexity index is 1040. The second-order valence-corrected chi connectivity index (χ2v) is 15.8. The maximum Gasteiger partial charge on any atom is 0.416 e. The molecule has 0 fully saturated rings. The number of hydrogen-bond donors (Lipinski definition) is 1. The summed E-state index contributed by atoms with van der Waals surface area (Å²) < 4.78 is 40.5. The van der Waals surface area contributed by atoms with Crippen molar-refractivity contribution in [1.82, 2.24) is 10.3 Å². The van der Waals surface area contributed by atoms with Crippen LogP contribution in [0.3, 0.4) is 0 Å². The molecule has 0 bridgehead atoms. The van der Waals surface area contributed by atoms with E-state index in [1.807, 2.05) is 0 Å². The van der Waals surface area contributed by atoms with E-state index in [0.717, 1.165) is 12.1 Å². The smallest absolute Gasteiger partial charge is 0.341 e. The molecule has 0 aliphatic carbocycles. The zero-order valence-corrected chi connectivity index (χ0v) is 22.3. The maximum absolute atomic E-state index is 13.5. The molecule has 34 heavy (non-hydrogen) atoms. The van der Waals surface area contributed by atoms with E-state index in [9.17, 15) is 18.0 Å². The third-order valence-electron chi connectivity index (χ3n) is 6.60. The minimum absolute atomic E-state index is 0.0782. The second-order valence-electron chi connectivity index (χ2n) is 10.2. The summed E-state index contributed by atoms with van der Waals surface area (Å²) in [6.07, 6.45) is -2.96. The second kappa shape index (κ2) is 10.3. The van der Waals surface area contributed by atoms with Crippen molar-refractivity contribution in [3.63, 3.8) is 0 Å². The molecule has 2 aromatic rings. The average Bonchev–Trinajstić information content (AvgIpc) is 2.73. The molecule has 0 spiro atoms. The van der Waals surface area contributed by atoms with Gasteiger partial charge < -0.3 is 5.32 Å². The molecular weight excluding hydrogens is 453 g/mol. The highest BCUT2D eigenvalue weighted by molar-refractivity contribution is 6.90. The molecule has 1 N–H and O–H groups in total. The van der Waals surface area contributed by atoms with E-state index in [1.165, 1.54) is 6.07 Å². The van der Waals surface area contributed by atoms with Crippen LogP contribution in [-0.2, 0) is 11.7 Å². The summed E-state index contributed by atoms with van der Waals surface area (Å²) in [6.45, 7) is 16.5. The number of rotatable bonds is 6. The third kappa shape index (κ3) is 5.90. The first-order valence-electron chi connectivity index (χ1n) is 11.6. The van der Waals surface area contributed by atoms with Crippen molar-refractivity contribution in [1.29, 1.82) is 0 Å². The van der Waals surface area contributed by atoms with Crippen molar-refractivity contribution in [2.45, 2.75) is 83.7 Å². The minimum atomic E-state index is -4.57. The van der Waals surface area contributed by atoms with Crippen LogP contribution in [0.5, 0.6) is 0 Å². The highest BCUT2D eigenvalue weighted by Crippen LogP contribution is 2.41. The molecule has 2 rings (SSSR count). The summed E-state index contributed by atoms with van der Waals surface area (Å²) in [7, 11) is -2.14. The van der Waals surface area contributed by atoms with E-state index < -0.39 is 31.3 Å². The molecule has 0 saturated carbocycles. The predicted octanol–water partition coefficient (Wildman–Crippen LogP) is 7.34. The number of hydrogen-bond acceptors (Lipinski definition) is 2. The lowest BCUT2D eigenvalue weighted by atomic mass is 9.97. The highest BCUT2D eigenvalue weighted by atomic mass is 28.3. The number of halogens is 3. The minimum Gasteiger partial charge on any atom is -0.341 e. The Hall–Kier alpha value is -2.59. The first-order chi connectivity index (χ1) is 15.6. The van der Waals surface area contributed by atoms with E-state index >= 15 is 0 Å². The summed E-state index contributed by atoms with van der Waals surface area (Å²) in [6, 6.07) is 8.53. The van der Waals surface area contributed by atoms with E-state index in [0.29, 0.717) is 27.9 Å². The Morgan fingerprint density at radius 1 is 0.971 bits per heavy atom. The van der Waals surface area contributed by atoms with Crippen LogP contribution in [0.15, 0.2) is 42.6 Å². The molecule has 3 nitrogen and oxygen atoms in total. The lowest BCUT2D eigenvalue weighted by Gasteiger charge is -2.38. The van der Waals surface area contributed by atoms with Crippen molar-refractivity contribution < 1.29 is 18.0 Å². The van der Waals surface area contributed by atoms with Gasteiger partial charge in [0.1, 0.15) is 8.07 Å². The van der Waals surface area contributed by atoms with Gasteiger partial charge in [0.25, 0.3) is 5.91 Å². The van der Waals surface area contributed by atoms with Crippen LogP contribution in [0.25, 0.3) is 0 Å². The summed E-state index contributed by atoms with van der Waals surface area (Å²) in [5, 5.41) is 2.85. The van der Waals surface area contributed by atoms with Crippen LogP contribution in [-0.4, -0.2) is 19.0 Å². The van der Waals surface area contributed by atoms with E-state index in [4.69, 9.17) is 0 Å². The van der Waals surface area contributed by atoms with Crippen LogP contribution in [0.2, 0.25) is 16.6 Å². The monoisotopic (exact) mass is 488 g/mol. The van der Waals surface area contributed by atoms with Gasteiger partial charge in [0, 0.05) is 11.8 Å². The van der Waals surface area contributed by atoms with Crippen LogP contribution in [0, 0.1) is 11.5 Å². The summed E-state index contributed by atoms with van der Waals surface area (Å²) in [4.78, 5) is 17.6. The molecule has 0 aliphatic rings. The maximum atomic E-state index is 13.5. The van der Waals surface area contributed by atoms with E-state index in [1.54, 1.807) is 38.2 Å². The fourth-order valence-corrected chi connectivity index (χ4v) is 9.99. The molecule has 0 radical (unpaired) electrons. The van der Waals surface area contributed by atoms with Gasteiger partial charge in [-0.15, -0.1) is 5.54 Å². The number of pyridine rings is 1. The number of carbonyl (C=O) groups excluding carboxylic acids is 1. The quantitative estimate of drug-likeness (QED) is 0.341. The molecule has 0 aliphatic heterocycles. The molecule has 1 aromatic carbocycles. The first kappa shape index (κ1) is 27.6. The summed E-state index contributed by atoms with van der Waals surface area (Å²) >= 11 is 0. The van der Waals surface area contributed by atoms with Gasteiger partial charge in [-0.05, 0) is 60.8 Å². The Kier molecular flexibility index (Phi) is 8.42. The van der Waals surface area contributed by atoms with Crippen LogP contribution >= 0.6 is 0 Å². The number of aromatic nitrogens is 1. The lowest BCUT2D eigenvalue weighted by Crippen LogP contribution is -2.43. The fourth-order valence-electron chi connectivity index (χ4n) is 4.77. The fraction of sp³-hybridized carbons (Fsp3) is 0.481. The lowest BCUT2D eigenvalue weighted by molar-refractivity contribution is -0.137. The SMILES string of the molecule is CC(C)[Si](C#Cc1ccc(C(F)(F)F)cc1C(=O)NC(C)(C)c1ccccn1)(C(C)C)C(C)C. The molecule has 0 unspecified atom stereocenters. The summed E-state index contributed by atoms with van der Waals surface area (Å²) in [5.74, 6) is 2.54. The molecule has 1 aromatic heterocycles. The van der Waals surface area contributed by atoms with Gasteiger partial charge in [0.05, 0.1) is 22.4 Å². The molecule has 0 saturated heterocycles. The number of nitrogens with one attached hydrogen (secondary N) is 1. The van der Waals surface area contributed by atoms with Crippen LogP contribution in [0.1, 0.15) is 82.6 Å². The van der Waals surface area contributed by atoms with Crippen molar-refractivity contribution in [3.8, 4) is 11.5 Å². The van der Waals surface area contributed by atoms with Gasteiger partial charge >= 0.3 is 6.18 Å². The number of amides is 1. The topological polar surface area (TPSA) is 42.0 Å². The van der Waals surface area contributed by atoms with Crippen molar-refractivity contribution >= 4 is 14.0 Å². The number of carbonyl (C=O) groups is 1. The van der Waals surface area contributed by atoms with Gasteiger partial charge in [-0.2, -0.15) is 13.2 Å². The van der Waals surface area contributed by atoms with Gasteiger partial charge in [-0.3, -0.25) is 9.78 Å². The zero-order chi connectivity index (χ0) is 25.9. The predicted molar refractivity (Wildman–Crippen MR) is 134 cm³/mol. The Morgan fingerprint density at radius 3 is 2.03 bits per heavy atom. The number of benzene rings is 1. The molecule has 0 atom stereocenters. The van der Waals surface area contributed by atoms with Crippen LogP contribution in [0.4, 0.5) is 13.2 Å².